The van der Waals surface area contributed by atoms with Crippen molar-refractivity contribution in [2.45, 2.75) is 38.5 Å². The van der Waals surface area contributed by atoms with Gasteiger partial charge in [-0.2, -0.15) is 5.23 Å². The van der Waals surface area contributed by atoms with Gasteiger partial charge in [0.1, 0.15) is 11.3 Å². The molecule has 2 amide bonds. The number of aryl methyl sites for hydroxylation is 3. The van der Waals surface area contributed by atoms with Gasteiger partial charge in [-0.05, 0) is 55.7 Å². The Morgan fingerprint density at radius 1 is 1.11 bits per heavy atom. The van der Waals surface area contributed by atoms with Crippen LogP contribution in [0.4, 0.5) is 10.5 Å². The summed E-state index contributed by atoms with van der Waals surface area (Å²) in [6.07, 6.45) is 1.23. The SMILES string of the molecule is CCc1nc2c(C)cc(C)nc2n1-c1ccc(CCNC(=O)NS(=O)(=O)c2cccc([NH+]([O-])O)c2)cc1. The van der Waals surface area contributed by atoms with E-state index in [9.17, 15) is 18.4 Å². The van der Waals surface area contributed by atoms with Crippen molar-refractivity contribution in [3.05, 3.63) is 82.4 Å². The van der Waals surface area contributed by atoms with E-state index in [0.29, 0.717) is 6.42 Å². The summed E-state index contributed by atoms with van der Waals surface area (Å²) in [7, 11) is -4.21. The molecule has 0 aliphatic carbocycles. The number of amides is 2. The van der Waals surface area contributed by atoms with Crippen LogP contribution >= 0.6 is 0 Å². The third kappa shape index (κ3) is 5.78. The lowest BCUT2D eigenvalue weighted by Gasteiger charge is -2.13. The maximum Gasteiger partial charge on any atom is 0.328 e. The molecule has 11 nitrogen and oxygen atoms in total. The molecule has 12 heteroatoms. The summed E-state index contributed by atoms with van der Waals surface area (Å²) in [6.45, 7) is 6.23. The van der Waals surface area contributed by atoms with Crippen molar-refractivity contribution in [3.8, 4) is 5.69 Å². The zero-order valence-electron chi connectivity index (χ0n) is 20.6. The quantitative estimate of drug-likeness (QED) is 0.258. The van der Waals surface area contributed by atoms with Gasteiger partial charge in [-0.25, -0.2) is 33.1 Å². The molecule has 2 heterocycles. The smallest absolute Gasteiger partial charge is 0.328 e. The molecule has 1 unspecified atom stereocenters. The Morgan fingerprint density at radius 2 is 1.84 bits per heavy atom. The average Bonchev–Trinajstić information content (AvgIpc) is 3.23. The highest BCUT2D eigenvalue weighted by molar-refractivity contribution is 7.90. The topological polar surface area (TPSA) is 154 Å². The number of hydrogen-bond donors (Lipinski definition) is 4. The van der Waals surface area contributed by atoms with Gasteiger partial charge in [0.15, 0.2) is 11.3 Å². The van der Waals surface area contributed by atoms with Crippen LogP contribution in [0.2, 0.25) is 0 Å². The average molecular weight is 525 g/mol. The number of urea groups is 1. The molecule has 194 valence electrons. The van der Waals surface area contributed by atoms with E-state index in [1.165, 1.54) is 18.2 Å². The van der Waals surface area contributed by atoms with E-state index in [-0.39, 0.29) is 17.1 Å². The van der Waals surface area contributed by atoms with E-state index in [1.807, 2.05) is 55.8 Å². The second-order valence-electron chi connectivity index (χ2n) is 8.58. The molecule has 4 N–H and O–H groups in total. The third-order valence-corrected chi connectivity index (χ3v) is 7.16. The number of rotatable bonds is 8. The van der Waals surface area contributed by atoms with E-state index in [4.69, 9.17) is 15.2 Å². The van der Waals surface area contributed by atoms with Gasteiger partial charge in [-0.1, -0.05) is 25.1 Å². The molecule has 0 aliphatic rings. The largest absolute Gasteiger partial charge is 0.595 e. The number of sulfonamides is 1. The van der Waals surface area contributed by atoms with E-state index >= 15 is 0 Å². The lowest BCUT2D eigenvalue weighted by molar-refractivity contribution is -0.991. The number of nitrogens with zero attached hydrogens (tertiary/aromatic N) is 3. The van der Waals surface area contributed by atoms with Crippen LogP contribution in [-0.2, 0) is 22.9 Å². The van der Waals surface area contributed by atoms with Crippen LogP contribution in [0.25, 0.3) is 16.9 Å². The Hall–Kier alpha value is -3.84. The molecule has 4 aromatic rings. The first-order valence-corrected chi connectivity index (χ1v) is 13.2. The van der Waals surface area contributed by atoms with Gasteiger partial charge in [0.25, 0.3) is 10.0 Å². The van der Waals surface area contributed by atoms with Gasteiger partial charge in [0.2, 0.25) is 0 Å². The monoisotopic (exact) mass is 524 g/mol. The van der Waals surface area contributed by atoms with Crippen LogP contribution in [0.5, 0.6) is 0 Å². The predicted octanol–water partition coefficient (Wildman–Crippen LogP) is 2.23. The molecule has 0 aliphatic heterocycles. The highest BCUT2D eigenvalue weighted by Crippen LogP contribution is 2.24. The van der Waals surface area contributed by atoms with Crippen molar-refractivity contribution in [2.24, 2.45) is 0 Å². The predicted molar refractivity (Wildman–Crippen MR) is 137 cm³/mol. The van der Waals surface area contributed by atoms with Gasteiger partial charge in [-0.3, -0.25) is 4.57 Å². The van der Waals surface area contributed by atoms with Crippen molar-refractivity contribution in [2.75, 3.05) is 6.54 Å². The summed E-state index contributed by atoms with van der Waals surface area (Å²) in [4.78, 5) is 21.3. The molecule has 0 saturated carbocycles. The summed E-state index contributed by atoms with van der Waals surface area (Å²) in [5.41, 5.74) is 5.38. The number of quaternary nitrogens is 1. The van der Waals surface area contributed by atoms with E-state index in [2.05, 4.69) is 9.88 Å². The number of hydrogen-bond acceptors (Lipinski definition) is 7. The lowest BCUT2D eigenvalue weighted by Crippen LogP contribution is -2.99. The maximum atomic E-state index is 12.4. The third-order valence-electron chi connectivity index (χ3n) is 5.83. The Morgan fingerprint density at radius 3 is 2.51 bits per heavy atom. The second kappa shape index (κ2) is 10.6. The molecule has 2 aromatic carbocycles. The minimum Gasteiger partial charge on any atom is -0.595 e. The fraction of sp³-hybridized carbons (Fsp3) is 0.240. The first-order valence-electron chi connectivity index (χ1n) is 11.7. The molecular formula is C25H28N6O5S. The molecule has 0 radical (unpaired) electrons. The standard InChI is InChI=1S/C25H28N6O5S/c1-4-22-28-23-16(2)14-17(3)27-24(23)30(22)19-10-8-18(9-11-19)12-13-26-25(32)29-37(35,36)21-7-5-6-20(15-21)31(33)34/h5-11,14-15,31,33H,4,12-13H2,1-3H3,(H2,26,29,32). The van der Waals surface area contributed by atoms with Gasteiger partial charge >= 0.3 is 6.03 Å². The maximum absolute atomic E-state index is 12.4. The van der Waals surface area contributed by atoms with E-state index in [1.54, 1.807) is 0 Å². The number of pyridine rings is 1. The Kier molecular flexibility index (Phi) is 7.55. The fourth-order valence-electron chi connectivity index (χ4n) is 4.06. The first kappa shape index (κ1) is 26.2. The number of carbonyl (C=O) groups is 1. The highest BCUT2D eigenvalue weighted by atomic mass is 32.2. The molecule has 1 atom stereocenters. The second-order valence-corrected chi connectivity index (χ2v) is 10.3. The number of imidazole rings is 1. The number of carbonyl (C=O) groups excluding carboxylic acids is 1. The molecule has 0 bridgehead atoms. The number of aromatic nitrogens is 3. The zero-order chi connectivity index (χ0) is 26.7. The van der Waals surface area contributed by atoms with Crippen LogP contribution in [0.15, 0.2) is 59.5 Å². The van der Waals surface area contributed by atoms with Gasteiger partial charge in [0.05, 0.1) is 4.90 Å². The molecule has 0 saturated heterocycles. The van der Waals surface area contributed by atoms with Crippen molar-refractivity contribution >= 4 is 32.9 Å². The molecule has 2 aromatic heterocycles. The molecule has 37 heavy (non-hydrogen) atoms. The molecular weight excluding hydrogens is 496 g/mol. The van der Waals surface area contributed by atoms with E-state index in [0.717, 1.165) is 52.0 Å². The van der Waals surface area contributed by atoms with Crippen LogP contribution in [0, 0.1) is 19.1 Å². The Labute approximate surface area is 214 Å². The minimum atomic E-state index is -4.21. The lowest BCUT2D eigenvalue weighted by atomic mass is 10.1. The zero-order valence-corrected chi connectivity index (χ0v) is 21.5. The summed E-state index contributed by atoms with van der Waals surface area (Å²) in [6, 6.07) is 13.7. The van der Waals surface area contributed by atoms with Crippen molar-refractivity contribution in [1.82, 2.24) is 24.6 Å². The normalized spacial score (nSPS) is 12.5. The fourth-order valence-corrected chi connectivity index (χ4v) is 5.03. The summed E-state index contributed by atoms with van der Waals surface area (Å²) >= 11 is 0. The number of benzene rings is 2. The number of fused-ring (bicyclic) bond motifs is 1. The molecule has 0 fully saturated rings. The van der Waals surface area contributed by atoms with Crippen molar-refractivity contribution in [1.29, 1.82) is 0 Å². The van der Waals surface area contributed by atoms with Crippen LogP contribution in [0.3, 0.4) is 0 Å². The van der Waals surface area contributed by atoms with Crippen LogP contribution in [-0.4, -0.2) is 40.7 Å². The summed E-state index contributed by atoms with van der Waals surface area (Å²) in [5, 5.41) is 21.4. The van der Waals surface area contributed by atoms with Gasteiger partial charge in [0, 0.05) is 36.5 Å². The first-order chi connectivity index (χ1) is 17.6. The molecule has 4 rings (SSSR count). The Bertz CT molecular complexity index is 1550. The van der Waals surface area contributed by atoms with Gasteiger partial charge in [-0.15, -0.1) is 0 Å². The minimum absolute atomic E-state index is 0.192. The van der Waals surface area contributed by atoms with Crippen molar-refractivity contribution in [3.63, 3.8) is 0 Å². The van der Waals surface area contributed by atoms with Crippen LogP contribution < -0.4 is 15.3 Å². The Balaban J connectivity index is 1.40. The summed E-state index contributed by atoms with van der Waals surface area (Å²) < 4.78 is 28.8. The van der Waals surface area contributed by atoms with Crippen LogP contribution in [0.1, 0.15) is 29.6 Å². The van der Waals surface area contributed by atoms with Crippen molar-refractivity contribution < 1.29 is 23.6 Å². The summed E-state index contributed by atoms with van der Waals surface area (Å²) in [5.74, 6) is 0.914. The van der Waals surface area contributed by atoms with Gasteiger partial charge < -0.3 is 10.5 Å². The van der Waals surface area contributed by atoms with E-state index < -0.39 is 21.3 Å². The molecule has 0 spiro atoms. The highest BCUT2D eigenvalue weighted by Gasteiger charge is 2.19. The number of nitrogens with one attached hydrogen (secondary N) is 3.